The Morgan fingerprint density at radius 2 is 2.17 bits per heavy atom. The minimum absolute atomic E-state index is 0.213. The van der Waals surface area contributed by atoms with Crippen molar-refractivity contribution in [2.45, 2.75) is 12.7 Å². The molecule has 0 aromatic carbocycles. The number of aromatic nitrogens is 2. The second-order valence-electron chi connectivity index (χ2n) is 3.61. The highest BCUT2D eigenvalue weighted by atomic mass is 32.2. The molecule has 2 aromatic rings. The van der Waals surface area contributed by atoms with Crippen molar-refractivity contribution in [2.24, 2.45) is 0 Å². The maximum atomic E-state index is 12.2. The van der Waals surface area contributed by atoms with Gasteiger partial charge in [-0.25, -0.2) is 8.42 Å². The van der Waals surface area contributed by atoms with Crippen molar-refractivity contribution in [3.63, 3.8) is 0 Å². The van der Waals surface area contributed by atoms with Gasteiger partial charge in [0.2, 0.25) is 10.0 Å². The molecular formula is C11H13N3O3S. The van der Waals surface area contributed by atoms with Gasteiger partial charge < -0.3 is 4.52 Å². The van der Waals surface area contributed by atoms with E-state index in [0.29, 0.717) is 18.0 Å². The number of rotatable bonds is 5. The van der Waals surface area contributed by atoms with Crippen LogP contribution in [0.1, 0.15) is 12.7 Å². The van der Waals surface area contributed by atoms with E-state index >= 15 is 0 Å². The summed E-state index contributed by atoms with van der Waals surface area (Å²) in [7, 11) is -3.49. The summed E-state index contributed by atoms with van der Waals surface area (Å²) in [5, 5.41) is 3.49. The molecule has 0 fully saturated rings. The van der Waals surface area contributed by atoms with Crippen molar-refractivity contribution in [3.05, 3.63) is 42.5 Å². The molecule has 0 spiro atoms. The molecule has 18 heavy (non-hydrogen) atoms. The fraction of sp³-hybridized carbons (Fsp3) is 0.273. The third-order valence-corrected chi connectivity index (χ3v) is 4.16. The fourth-order valence-electron chi connectivity index (χ4n) is 1.62. The highest BCUT2D eigenvalue weighted by molar-refractivity contribution is 7.92. The van der Waals surface area contributed by atoms with Crippen molar-refractivity contribution in [3.8, 4) is 0 Å². The number of hydrogen-bond acceptors (Lipinski definition) is 5. The summed E-state index contributed by atoms with van der Waals surface area (Å²) in [4.78, 5) is 3.92. The van der Waals surface area contributed by atoms with Gasteiger partial charge in [-0.15, -0.1) is 0 Å². The molecule has 7 heteroatoms. The Kier molecular flexibility index (Phi) is 3.61. The molecule has 0 aliphatic rings. The van der Waals surface area contributed by atoms with E-state index in [0.717, 1.165) is 0 Å². The molecule has 0 saturated heterocycles. The minimum atomic E-state index is -3.49. The molecule has 6 nitrogen and oxygen atoms in total. The molecule has 0 unspecified atom stereocenters. The quantitative estimate of drug-likeness (QED) is 0.819. The van der Waals surface area contributed by atoms with Crippen LogP contribution in [0.5, 0.6) is 0 Å². The molecule has 0 amide bonds. The van der Waals surface area contributed by atoms with Gasteiger partial charge in [0.25, 0.3) is 0 Å². The van der Waals surface area contributed by atoms with Crippen LogP contribution in [-0.4, -0.2) is 25.1 Å². The van der Waals surface area contributed by atoms with Gasteiger partial charge in [-0.05, 0) is 19.1 Å². The molecular weight excluding hydrogens is 254 g/mol. The van der Waals surface area contributed by atoms with Gasteiger partial charge in [0.1, 0.15) is 5.75 Å². The third kappa shape index (κ3) is 2.67. The van der Waals surface area contributed by atoms with Gasteiger partial charge in [-0.2, -0.15) is 0 Å². The lowest BCUT2D eigenvalue weighted by molar-refractivity contribution is 0.392. The topological polar surface area (TPSA) is 76.3 Å². The number of hydrogen-bond donors (Lipinski definition) is 0. The van der Waals surface area contributed by atoms with Crippen LogP contribution in [0.25, 0.3) is 0 Å². The van der Waals surface area contributed by atoms with Gasteiger partial charge in [0, 0.05) is 18.8 Å². The maximum Gasteiger partial charge on any atom is 0.242 e. The molecule has 2 aromatic heterocycles. The molecule has 0 N–H and O–H groups in total. The highest BCUT2D eigenvalue weighted by Gasteiger charge is 2.23. The van der Waals surface area contributed by atoms with E-state index in [1.54, 1.807) is 25.3 Å². The zero-order chi connectivity index (χ0) is 13.0. The summed E-state index contributed by atoms with van der Waals surface area (Å²) in [5.41, 5.74) is 0.541. The second kappa shape index (κ2) is 5.18. The molecule has 0 atom stereocenters. The van der Waals surface area contributed by atoms with Crippen LogP contribution in [0, 0.1) is 0 Å². The number of anilines is 1. The lowest BCUT2D eigenvalue weighted by Gasteiger charge is -2.21. The van der Waals surface area contributed by atoms with E-state index in [1.807, 2.05) is 0 Å². The first kappa shape index (κ1) is 12.6. The van der Waals surface area contributed by atoms with Crippen LogP contribution >= 0.6 is 0 Å². The summed E-state index contributed by atoms with van der Waals surface area (Å²) < 4.78 is 30.6. The van der Waals surface area contributed by atoms with E-state index in [4.69, 9.17) is 4.52 Å². The van der Waals surface area contributed by atoms with Crippen molar-refractivity contribution in [1.29, 1.82) is 0 Å². The van der Waals surface area contributed by atoms with Gasteiger partial charge >= 0.3 is 0 Å². The summed E-state index contributed by atoms with van der Waals surface area (Å²) in [6.07, 6.45) is 4.53. The largest absolute Gasteiger partial charge is 0.360 e. The van der Waals surface area contributed by atoms with E-state index in [1.165, 1.54) is 22.8 Å². The standard InChI is InChI=1S/C11H13N3O3S/c1-2-14(10-4-3-6-12-8-10)18(15,16)9-11-5-7-13-17-11/h3-8H,2,9H2,1H3. The van der Waals surface area contributed by atoms with E-state index in [2.05, 4.69) is 10.1 Å². The Balaban J connectivity index is 2.27. The SMILES string of the molecule is CCN(c1cccnc1)S(=O)(=O)Cc1ccno1. The summed E-state index contributed by atoms with van der Waals surface area (Å²) in [5.74, 6) is 0.104. The van der Waals surface area contributed by atoms with Gasteiger partial charge in [0.05, 0.1) is 18.1 Å². The predicted molar refractivity (Wildman–Crippen MR) is 66.4 cm³/mol. The third-order valence-electron chi connectivity index (χ3n) is 2.37. The van der Waals surface area contributed by atoms with Crippen molar-refractivity contribution in [1.82, 2.24) is 10.1 Å². The molecule has 2 heterocycles. The van der Waals surface area contributed by atoms with Crippen molar-refractivity contribution in [2.75, 3.05) is 10.8 Å². The smallest absolute Gasteiger partial charge is 0.242 e. The van der Waals surface area contributed by atoms with Gasteiger partial charge in [0.15, 0.2) is 5.76 Å². The number of sulfonamides is 1. The van der Waals surface area contributed by atoms with Crippen molar-refractivity contribution < 1.29 is 12.9 Å². The monoisotopic (exact) mass is 267 g/mol. The summed E-state index contributed by atoms with van der Waals surface area (Å²) in [6.45, 7) is 2.10. The van der Waals surface area contributed by atoms with E-state index in [-0.39, 0.29) is 5.75 Å². The van der Waals surface area contributed by atoms with E-state index < -0.39 is 10.0 Å². The molecule has 0 saturated carbocycles. The second-order valence-corrected chi connectivity index (χ2v) is 5.50. The Hall–Kier alpha value is -1.89. The normalized spacial score (nSPS) is 11.4. The zero-order valence-corrected chi connectivity index (χ0v) is 10.7. The average molecular weight is 267 g/mol. The summed E-state index contributed by atoms with van der Waals surface area (Å²) >= 11 is 0. The van der Waals surface area contributed by atoms with Crippen LogP contribution in [0.4, 0.5) is 5.69 Å². The molecule has 0 radical (unpaired) electrons. The predicted octanol–water partition coefficient (Wildman–Crippen LogP) is 1.43. The fourth-order valence-corrected chi connectivity index (χ4v) is 3.10. The van der Waals surface area contributed by atoms with Gasteiger partial charge in [-0.3, -0.25) is 9.29 Å². The molecule has 2 rings (SSSR count). The number of pyridine rings is 1. The van der Waals surface area contributed by atoms with Crippen LogP contribution in [-0.2, 0) is 15.8 Å². The first-order chi connectivity index (χ1) is 8.63. The Morgan fingerprint density at radius 1 is 1.33 bits per heavy atom. The lowest BCUT2D eigenvalue weighted by Crippen LogP contribution is -2.31. The molecule has 0 aliphatic heterocycles. The molecule has 0 bridgehead atoms. The Morgan fingerprint density at radius 3 is 2.72 bits per heavy atom. The average Bonchev–Trinajstić information content (AvgIpc) is 2.83. The highest BCUT2D eigenvalue weighted by Crippen LogP contribution is 2.19. The Bertz CT molecular complexity index is 581. The summed E-state index contributed by atoms with van der Waals surface area (Å²) in [6, 6.07) is 4.94. The zero-order valence-electron chi connectivity index (χ0n) is 9.85. The van der Waals surface area contributed by atoms with Crippen molar-refractivity contribution >= 4 is 15.7 Å². The van der Waals surface area contributed by atoms with Gasteiger partial charge in [-0.1, -0.05) is 5.16 Å². The van der Waals surface area contributed by atoms with Crippen LogP contribution in [0.2, 0.25) is 0 Å². The van der Waals surface area contributed by atoms with Crippen LogP contribution in [0.15, 0.2) is 41.3 Å². The molecule has 0 aliphatic carbocycles. The number of nitrogens with zero attached hydrogens (tertiary/aromatic N) is 3. The minimum Gasteiger partial charge on any atom is -0.360 e. The lowest BCUT2D eigenvalue weighted by atomic mass is 10.4. The van der Waals surface area contributed by atoms with Crippen LogP contribution in [0.3, 0.4) is 0 Å². The first-order valence-electron chi connectivity index (χ1n) is 5.43. The molecule has 96 valence electrons. The Labute approximate surface area is 105 Å². The van der Waals surface area contributed by atoms with Crippen LogP contribution < -0.4 is 4.31 Å². The van der Waals surface area contributed by atoms with E-state index in [9.17, 15) is 8.42 Å². The maximum absolute atomic E-state index is 12.2. The first-order valence-corrected chi connectivity index (χ1v) is 7.04.